The van der Waals surface area contributed by atoms with E-state index in [2.05, 4.69) is 0 Å². The number of rotatable bonds is 9. The Morgan fingerprint density at radius 1 is 0.971 bits per heavy atom. The highest BCUT2D eigenvalue weighted by Crippen LogP contribution is 2.28. The van der Waals surface area contributed by atoms with E-state index >= 15 is 0 Å². The van der Waals surface area contributed by atoms with Crippen LogP contribution in [0.2, 0.25) is 10.0 Å². The summed E-state index contributed by atoms with van der Waals surface area (Å²) in [5.74, 6) is -0.590. The van der Waals surface area contributed by atoms with Crippen LogP contribution < -0.4 is 9.64 Å². The van der Waals surface area contributed by atoms with E-state index in [4.69, 9.17) is 32.7 Å². The van der Waals surface area contributed by atoms with E-state index in [0.717, 1.165) is 0 Å². The van der Waals surface area contributed by atoms with Crippen molar-refractivity contribution in [2.45, 2.75) is 13.5 Å². The Morgan fingerprint density at radius 2 is 1.59 bits per heavy atom. The second kappa shape index (κ2) is 11.5. The lowest BCUT2D eigenvalue weighted by molar-refractivity contribution is -0.384. The first-order valence-corrected chi connectivity index (χ1v) is 10.9. The van der Waals surface area contributed by atoms with Crippen molar-refractivity contribution in [3.63, 3.8) is 0 Å². The Labute approximate surface area is 205 Å². The van der Waals surface area contributed by atoms with Crippen LogP contribution in [0.1, 0.15) is 22.8 Å². The van der Waals surface area contributed by atoms with Gasteiger partial charge in [-0.05, 0) is 55.5 Å². The molecule has 0 aliphatic rings. The van der Waals surface area contributed by atoms with Crippen molar-refractivity contribution in [2.24, 2.45) is 0 Å². The summed E-state index contributed by atoms with van der Waals surface area (Å²) in [6.07, 6.45) is 0. The maximum absolute atomic E-state index is 13.2. The molecule has 0 bridgehead atoms. The van der Waals surface area contributed by atoms with Gasteiger partial charge in [0.25, 0.3) is 11.6 Å². The minimum Gasteiger partial charge on any atom is -0.484 e. The first-order valence-electron chi connectivity index (χ1n) is 10.2. The van der Waals surface area contributed by atoms with E-state index in [-0.39, 0.29) is 25.4 Å². The molecular formula is C24H20Cl2N2O6. The van der Waals surface area contributed by atoms with Gasteiger partial charge in [-0.1, -0.05) is 29.3 Å². The Balaban J connectivity index is 1.84. The lowest BCUT2D eigenvalue weighted by Gasteiger charge is -2.24. The van der Waals surface area contributed by atoms with Crippen LogP contribution in [0.25, 0.3) is 0 Å². The zero-order valence-corrected chi connectivity index (χ0v) is 19.6. The standard InChI is InChI=1S/C24H20Cl2N2O6/c1-2-33-24(30)16-6-8-17(9-7-16)27(14-20-21(25)4-3-5-22(20)26)23(29)15-34-19-12-10-18(11-13-19)28(31)32/h3-13H,2,14-15H2,1H3. The summed E-state index contributed by atoms with van der Waals surface area (Å²) in [4.78, 5) is 36.8. The molecule has 0 atom stereocenters. The van der Waals surface area contributed by atoms with Gasteiger partial charge in [0, 0.05) is 33.4 Å². The molecule has 0 saturated heterocycles. The van der Waals surface area contributed by atoms with E-state index < -0.39 is 16.8 Å². The third kappa shape index (κ3) is 6.24. The van der Waals surface area contributed by atoms with Gasteiger partial charge in [-0.15, -0.1) is 0 Å². The third-order valence-corrected chi connectivity index (χ3v) is 5.49. The highest BCUT2D eigenvalue weighted by atomic mass is 35.5. The van der Waals surface area contributed by atoms with Crippen LogP contribution in [-0.4, -0.2) is 30.0 Å². The number of nitrogens with zero attached hydrogens (tertiary/aromatic N) is 2. The Kier molecular flexibility index (Phi) is 8.45. The number of esters is 1. The smallest absolute Gasteiger partial charge is 0.338 e. The molecule has 0 heterocycles. The van der Waals surface area contributed by atoms with Gasteiger partial charge in [0.1, 0.15) is 5.75 Å². The average Bonchev–Trinajstić information content (AvgIpc) is 2.83. The minimum absolute atomic E-state index is 0.0553. The van der Waals surface area contributed by atoms with Crippen LogP contribution in [0.5, 0.6) is 5.75 Å². The van der Waals surface area contributed by atoms with E-state index in [0.29, 0.717) is 32.6 Å². The monoisotopic (exact) mass is 502 g/mol. The number of halogens is 2. The molecule has 0 aliphatic carbocycles. The second-order valence-corrected chi connectivity index (χ2v) is 7.80. The number of carbonyl (C=O) groups excluding carboxylic acids is 2. The summed E-state index contributed by atoms with van der Waals surface area (Å²) in [6.45, 7) is 1.67. The predicted molar refractivity (Wildman–Crippen MR) is 129 cm³/mol. The summed E-state index contributed by atoms with van der Waals surface area (Å²) in [5.41, 5.74) is 1.29. The van der Waals surface area contributed by atoms with Gasteiger partial charge < -0.3 is 14.4 Å². The molecule has 0 fully saturated rings. The SMILES string of the molecule is CCOC(=O)c1ccc(N(Cc2c(Cl)cccc2Cl)C(=O)COc2ccc([N+](=O)[O-])cc2)cc1. The lowest BCUT2D eigenvalue weighted by Crippen LogP contribution is -2.34. The topological polar surface area (TPSA) is 99.0 Å². The lowest BCUT2D eigenvalue weighted by atomic mass is 10.1. The largest absolute Gasteiger partial charge is 0.484 e. The zero-order chi connectivity index (χ0) is 24.7. The predicted octanol–water partition coefficient (Wildman–Crippen LogP) is 5.69. The van der Waals surface area contributed by atoms with Crippen LogP contribution in [-0.2, 0) is 16.1 Å². The Morgan fingerprint density at radius 3 is 2.15 bits per heavy atom. The number of anilines is 1. The van der Waals surface area contributed by atoms with Crippen LogP contribution >= 0.6 is 23.2 Å². The Hall–Kier alpha value is -3.62. The van der Waals surface area contributed by atoms with Crippen LogP contribution in [0.3, 0.4) is 0 Å². The summed E-state index contributed by atoms with van der Waals surface area (Å²) in [6, 6.07) is 16.8. The van der Waals surface area contributed by atoms with Gasteiger partial charge in [0.15, 0.2) is 6.61 Å². The van der Waals surface area contributed by atoms with Gasteiger partial charge in [0.05, 0.1) is 23.6 Å². The molecule has 0 unspecified atom stereocenters. The molecule has 0 radical (unpaired) electrons. The number of non-ortho nitro benzene ring substituents is 1. The van der Waals surface area contributed by atoms with Gasteiger partial charge in [0.2, 0.25) is 0 Å². The molecule has 0 aliphatic heterocycles. The van der Waals surface area contributed by atoms with Crippen LogP contribution in [0.4, 0.5) is 11.4 Å². The molecule has 10 heteroatoms. The number of carbonyl (C=O) groups is 2. The maximum atomic E-state index is 13.2. The Bertz CT molecular complexity index is 1160. The van der Waals surface area contributed by atoms with Crippen molar-refractivity contribution in [3.8, 4) is 5.75 Å². The minimum atomic E-state index is -0.524. The molecule has 0 N–H and O–H groups in total. The summed E-state index contributed by atoms with van der Waals surface area (Å²) < 4.78 is 10.5. The number of benzene rings is 3. The zero-order valence-electron chi connectivity index (χ0n) is 18.1. The summed E-state index contributed by atoms with van der Waals surface area (Å²) >= 11 is 12.6. The number of hydrogen-bond donors (Lipinski definition) is 0. The van der Waals surface area contributed by atoms with Crippen molar-refractivity contribution in [1.29, 1.82) is 0 Å². The molecule has 34 heavy (non-hydrogen) atoms. The molecule has 0 spiro atoms. The molecule has 1 amide bonds. The van der Waals surface area contributed by atoms with E-state index in [1.165, 1.54) is 29.2 Å². The highest BCUT2D eigenvalue weighted by molar-refractivity contribution is 6.36. The second-order valence-electron chi connectivity index (χ2n) is 6.99. The normalized spacial score (nSPS) is 10.4. The number of hydrogen-bond acceptors (Lipinski definition) is 6. The molecule has 176 valence electrons. The van der Waals surface area contributed by atoms with Gasteiger partial charge in [-0.3, -0.25) is 14.9 Å². The van der Waals surface area contributed by atoms with E-state index in [1.54, 1.807) is 49.4 Å². The van der Waals surface area contributed by atoms with Gasteiger partial charge in [-0.2, -0.15) is 0 Å². The molecular weight excluding hydrogens is 483 g/mol. The van der Waals surface area contributed by atoms with Gasteiger partial charge in [-0.25, -0.2) is 4.79 Å². The molecule has 8 nitrogen and oxygen atoms in total. The fraction of sp³-hybridized carbons (Fsp3) is 0.167. The first-order chi connectivity index (χ1) is 16.3. The molecule has 3 aromatic carbocycles. The first kappa shape index (κ1) is 25.0. The molecule has 0 aromatic heterocycles. The summed E-state index contributed by atoms with van der Waals surface area (Å²) in [5, 5.41) is 11.6. The molecule has 0 saturated carbocycles. The van der Waals surface area contributed by atoms with Crippen molar-refractivity contribution in [3.05, 3.63) is 98.0 Å². The van der Waals surface area contributed by atoms with Crippen molar-refractivity contribution < 1.29 is 24.0 Å². The van der Waals surface area contributed by atoms with Crippen molar-refractivity contribution in [1.82, 2.24) is 0 Å². The maximum Gasteiger partial charge on any atom is 0.338 e. The molecule has 3 rings (SSSR count). The van der Waals surface area contributed by atoms with Crippen LogP contribution in [0.15, 0.2) is 66.7 Å². The quantitative estimate of drug-likeness (QED) is 0.211. The van der Waals surface area contributed by atoms with Crippen molar-refractivity contribution >= 4 is 46.5 Å². The number of amides is 1. The number of ether oxygens (including phenoxy) is 2. The van der Waals surface area contributed by atoms with Gasteiger partial charge >= 0.3 is 5.97 Å². The fourth-order valence-corrected chi connectivity index (χ4v) is 3.56. The number of nitro groups is 1. The summed E-state index contributed by atoms with van der Waals surface area (Å²) in [7, 11) is 0. The van der Waals surface area contributed by atoms with E-state index in [1.807, 2.05) is 0 Å². The highest BCUT2D eigenvalue weighted by Gasteiger charge is 2.21. The molecule has 3 aromatic rings. The van der Waals surface area contributed by atoms with Crippen LogP contribution in [0, 0.1) is 10.1 Å². The van der Waals surface area contributed by atoms with Crippen molar-refractivity contribution in [2.75, 3.05) is 18.1 Å². The van der Waals surface area contributed by atoms with E-state index in [9.17, 15) is 19.7 Å². The number of nitro benzene ring substituents is 1. The fourth-order valence-electron chi connectivity index (χ4n) is 3.04. The average molecular weight is 503 g/mol. The third-order valence-electron chi connectivity index (χ3n) is 4.78.